The van der Waals surface area contributed by atoms with Crippen molar-refractivity contribution in [1.82, 2.24) is 4.90 Å². The molecule has 1 aromatic rings. The summed E-state index contributed by atoms with van der Waals surface area (Å²) in [5.41, 5.74) is 0.481. The SMILES string of the molecule is COc1ccccc1C(O)CN(C)CC(F)(F)F. The lowest BCUT2D eigenvalue weighted by Crippen LogP contribution is -2.34. The third kappa shape index (κ3) is 4.54. The van der Waals surface area contributed by atoms with E-state index < -0.39 is 18.8 Å². The molecule has 0 aliphatic rings. The summed E-state index contributed by atoms with van der Waals surface area (Å²) >= 11 is 0. The van der Waals surface area contributed by atoms with Crippen LogP contribution in [0, 0.1) is 0 Å². The van der Waals surface area contributed by atoms with Crippen LogP contribution in [0.4, 0.5) is 13.2 Å². The molecular formula is C12H16F3NO2. The summed E-state index contributed by atoms with van der Waals surface area (Å²) in [6.45, 7) is -1.17. The minimum absolute atomic E-state index is 0.111. The predicted octanol–water partition coefficient (Wildman–Crippen LogP) is 2.22. The number of hydrogen-bond acceptors (Lipinski definition) is 3. The largest absolute Gasteiger partial charge is 0.496 e. The van der Waals surface area contributed by atoms with Gasteiger partial charge in [-0.15, -0.1) is 0 Å². The zero-order chi connectivity index (χ0) is 13.8. The number of halogens is 3. The van der Waals surface area contributed by atoms with Crippen LogP contribution in [-0.4, -0.2) is 43.4 Å². The highest BCUT2D eigenvalue weighted by atomic mass is 19.4. The van der Waals surface area contributed by atoms with E-state index in [2.05, 4.69) is 0 Å². The van der Waals surface area contributed by atoms with Gasteiger partial charge in [0.1, 0.15) is 5.75 Å². The van der Waals surface area contributed by atoms with Crippen LogP contribution in [0.1, 0.15) is 11.7 Å². The summed E-state index contributed by atoms with van der Waals surface area (Å²) in [7, 11) is 2.76. The fraction of sp³-hybridized carbons (Fsp3) is 0.500. The number of aliphatic hydroxyl groups excluding tert-OH is 1. The number of hydrogen-bond donors (Lipinski definition) is 1. The molecule has 3 nitrogen and oxygen atoms in total. The Balaban J connectivity index is 2.67. The van der Waals surface area contributed by atoms with Gasteiger partial charge in [0.2, 0.25) is 0 Å². The van der Waals surface area contributed by atoms with Crippen LogP contribution in [-0.2, 0) is 0 Å². The average Bonchev–Trinajstić information content (AvgIpc) is 2.26. The van der Waals surface area contributed by atoms with Gasteiger partial charge in [-0.2, -0.15) is 13.2 Å². The van der Waals surface area contributed by atoms with Crippen LogP contribution in [0.5, 0.6) is 5.75 Å². The smallest absolute Gasteiger partial charge is 0.401 e. The van der Waals surface area contributed by atoms with Gasteiger partial charge in [0.05, 0.1) is 19.8 Å². The average molecular weight is 263 g/mol. The Bertz CT molecular complexity index is 382. The van der Waals surface area contributed by atoms with Crippen molar-refractivity contribution < 1.29 is 23.0 Å². The summed E-state index contributed by atoms with van der Waals surface area (Å²) in [5, 5.41) is 9.91. The molecule has 0 saturated carbocycles. The van der Waals surface area contributed by atoms with Crippen molar-refractivity contribution in [3.63, 3.8) is 0 Å². The first-order valence-electron chi connectivity index (χ1n) is 5.40. The first-order valence-corrected chi connectivity index (χ1v) is 5.40. The maximum Gasteiger partial charge on any atom is 0.401 e. The van der Waals surface area contributed by atoms with E-state index >= 15 is 0 Å². The normalized spacial score (nSPS) is 13.7. The molecule has 0 aromatic heterocycles. The van der Waals surface area contributed by atoms with Gasteiger partial charge in [-0.1, -0.05) is 18.2 Å². The summed E-state index contributed by atoms with van der Waals surface area (Å²) in [6.07, 6.45) is -5.29. The molecule has 0 radical (unpaired) electrons. The minimum atomic E-state index is -4.27. The highest BCUT2D eigenvalue weighted by Gasteiger charge is 2.30. The summed E-state index contributed by atoms with van der Waals surface area (Å²) < 4.78 is 41.5. The molecule has 18 heavy (non-hydrogen) atoms. The minimum Gasteiger partial charge on any atom is -0.496 e. The van der Waals surface area contributed by atoms with Crippen LogP contribution in [0.15, 0.2) is 24.3 Å². The Morgan fingerprint density at radius 3 is 2.50 bits per heavy atom. The second-order valence-corrected chi connectivity index (χ2v) is 4.07. The third-order valence-corrected chi connectivity index (χ3v) is 2.43. The topological polar surface area (TPSA) is 32.7 Å². The predicted molar refractivity (Wildman–Crippen MR) is 61.5 cm³/mol. The Morgan fingerprint density at radius 2 is 1.94 bits per heavy atom. The maximum atomic E-state index is 12.2. The van der Waals surface area contributed by atoms with Gasteiger partial charge in [0, 0.05) is 12.1 Å². The number of likely N-dealkylation sites (N-methyl/N-ethyl adjacent to an activating group) is 1. The van der Waals surface area contributed by atoms with Crippen molar-refractivity contribution in [2.24, 2.45) is 0 Å². The molecule has 0 amide bonds. The van der Waals surface area contributed by atoms with E-state index in [4.69, 9.17) is 4.74 Å². The zero-order valence-electron chi connectivity index (χ0n) is 10.2. The number of nitrogens with zero attached hydrogens (tertiary/aromatic N) is 1. The van der Waals surface area contributed by atoms with Crippen molar-refractivity contribution in [1.29, 1.82) is 0 Å². The second-order valence-electron chi connectivity index (χ2n) is 4.07. The van der Waals surface area contributed by atoms with E-state index in [1.165, 1.54) is 14.2 Å². The van der Waals surface area contributed by atoms with Gasteiger partial charge < -0.3 is 9.84 Å². The van der Waals surface area contributed by atoms with E-state index in [0.717, 1.165) is 4.90 Å². The van der Waals surface area contributed by atoms with Crippen molar-refractivity contribution in [3.8, 4) is 5.75 Å². The van der Waals surface area contributed by atoms with Gasteiger partial charge in [-0.3, -0.25) is 4.90 Å². The van der Waals surface area contributed by atoms with Crippen molar-refractivity contribution in [3.05, 3.63) is 29.8 Å². The zero-order valence-corrected chi connectivity index (χ0v) is 10.2. The molecule has 1 unspecified atom stereocenters. The maximum absolute atomic E-state index is 12.2. The molecule has 0 aliphatic carbocycles. The Kier molecular flexibility index (Phi) is 4.98. The molecule has 1 rings (SSSR count). The quantitative estimate of drug-likeness (QED) is 0.884. The lowest BCUT2D eigenvalue weighted by Gasteiger charge is -2.22. The standard InChI is InChI=1S/C12H16F3NO2/c1-16(8-12(13,14)15)7-10(17)9-5-3-4-6-11(9)18-2/h3-6,10,17H,7-8H2,1-2H3. The molecule has 1 N–H and O–H groups in total. The van der Waals surface area contributed by atoms with Crippen LogP contribution >= 0.6 is 0 Å². The highest BCUT2D eigenvalue weighted by Crippen LogP contribution is 2.25. The van der Waals surface area contributed by atoms with Crippen molar-refractivity contribution in [2.75, 3.05) is 27.2 Å². The number of para-hydroxylation sites is 1. The Hall–Kier alpha value is -1.27. The summed E-state index contributed by atoms with van der Waals surface area (Å²) in [5.74, 6) is 0.463. The van der Waals surface area contributed by atoms with Gasteiger partial charge in [0.15, 0.2) is 0 Å². The van der Waals surface area contributed by atoms with Gasteiger partial charge in [0.25, 0.3) is 0 Å². The fourth-order valence-corrected chi connectivity index (χ4v) is 1.71. The number of methoxy groups -OCH3 is 1. The van der Waals surface area contributed by atoms with E-state index in [0.29, 0.717) is 11.3 Å². The lowest BCUT2D eigenvalue weighted by molar-refractivity contribution is -0.145. The first-order chi connectivity index (χ1) is 8.33. The van der Waals surface area contributed by atoms with E-state index in [9.17, 15) is 18.3 Å². The molecule has 102 valence electrons. The van der Waals surface area contributed by atoms with Crippen LogP contribution < -0.4 is 4.74 Å². The fourth-order valence-electron chi connectivity index (χ4n) is 1.71. The van der Waals surface area contributed by atoms with Crippen LogP contribution in [0.2, 0.25) is 0 Å². The molecule has 0 spiro atoms. The monoisotopic (exact) mass is 263 g/mol. The summed E-state index contributed by atoms with van der Waals surface area (Å²) in [6, 6.07) is 6.71. The number of benzene rings is 1. The lowest BCUT2D eigenvalue weighted by atomic mass is 10.1. The third-order valence-electron chi connectivity index (χ3n) is 2.43. The number of aliphatic hydroxyl groups is 1. The highest BCUT2D eigenvalue weighted by molar-refractivity contribution is 5.35. The molecular weight excluding hydrogens is 247 g/mol. The van der Waals surface area contributed by atoms with E-state index in [1.54, 1.807) is 24.3 Å². The molecule has 0 saturated heterocycles. The van der Waals surface area contributed by atoms with Gasteiger partial charge in [-0.05, 0) is 13.1 Å². The van der Waals surface area contributed by atoms with Gasteiger partial charge >= 0.3 is 6.18 Å². The van der Waals surface area contributed by atoms with Crippen molar-refractivity contribution >= 4 is 0 Å². The molecule has 0 heterocycles. The van der Waals surface area contributed by atoms with E-state index in [-0.39, 0.29) is 6.54 Å². The van der Waals surface area contributed by atoms with E-state index in [1.807, 2.05) is 0 Å². The Morgan fingerprint density at radius 1 is 1.33 bits per heavy atom. The molecule has 6 heteroatoms. The molecule has 1 aromatic carbocycles. The summed E-state index contributed by atoms with van der Waals surface area (Å²) in [4.78, 5) is 1.02. The molecule has 0 bridgehead atoms. The molecule has 0 aliphatic heterocycles. The van der Waals surface area contributed by atoms with Crippen LogP contribution in [0.25, 0.3) is 0 Å². The van der Waals surface area contributed by atoms with Gasteiger partial charge in [-0.25, -0.2) is 0 Å². The Labute approximate surface area is 104 Å². The number of ether oxygens (including phenoxy) is 1. The molecule has 1 atom stereocenters. The first kappa shape index (κ1) is 14.8. The van der Waals surface area contributed by atoms with Crippen molar-refractivity contribution in [2.45, 2.75) is 12.3 Å². The molecule has 0 fully saturated rings. The number of alkyl halides is 3. The number of rotatable bonds is 5. The second kappa shape index (κ2) is 6.06. The van der Waals surface area contributed by atoms with Crippen LogP contribution in [0.3, 0.4) is 0 Å².